The number of hydrogen-bond donors (Lipinski definition) is 1. The smallest absolute Gasteiger partial charge is 0.134 e. The summed E-state index contributed by atoms with van der Waals surface area (Å²) < 4.78 is 0. The van der Waals surface area contributed by atoms with Crippen LogP contribution >= 0.6 is 0 Å². The quantitative estimate of drug-likeness (QED) is 0.892. The zero-order valence-electron chi connectivity index (χ0n) is 11.7. The Hall–Kier alpha value is -1.81. The predicted octanol–water partition coefficient (Wildman–Crippen LogP) is 2.44. The minimum atomic E-state index is 0.286. The second-order valence-electron chi connectivity index (χ2n) is 4.60. The fourth-order valence-corrected chi connectivity index (χ4v) is 2.12. The molecular weight excluding hydrogens is 236 g/mol. The molecule has 0 saturated carbocycles. The molecule has 2 heterocycles. The van der Waals surface area contributed by atoms with Crippen LogP contribution in [0, 0.1) is 6.92 Å². The van der Waals surface area contributed by atoms with Gasteiger partial charge in [-0.2, -0.15) is 0 Å². The molecule has 0 saturated heterocycles. The lowest BCUT2D eigenvalue weighted by molar-refractivity contribution is 0.588. The summed E-state index contributed by atoms with van der Waals surface area (Å²) in [5.74, 6) is 0.823. The molecule has 4 heteroatoms. The molecule has 0 radical (unpaired) electrons. The van der Waals surface area contributed by atoms with Gasteiger partial charge in [-0.25, -0.2) is 9.97 Å². The van der Waals surface area contributed by atoms with E-state index in [1.54, 1.807) is 6.20 Å². The van der Waals surface area contributed by atoms with E-state index < -0.39 is 0 Å². The highest BCUT2D eigenvalue weighted by Crippen LogP contribution is 2.15. The van der Waals surface area contributed by atoms with Gasteiger partial charge < -0.3 is 5.32 Å². The topological polar surface area (TPSA) is 50.7 Å². The maximum Gasteiger partial charge on any atom is 0.134 e. The molecule has 0 aromatic carbocycles. The fraction of sp³-hybridized carbons (Fsp3) is 0.400. The first kappa shape index (κ1) is 13.6. The molecule has 2 aromatic heterocycles. The number of nitrogens with zero attached hydrogens (tertiary/aromatic N) is 3. The zero-order valence-corrected chi connectivity index (χ0v) is 11.7. The van der Waals surface area contributed by atoms with Crippen molar-refractivity contribution in [2.24, 2.45) is 0 Å². The van der Waals surface area contributed by atoms with Gasteiger partial charge in [-0.15, -0.1) is 0 Å². The van der Waals surface area contributed by atoms with Gasteiger partial charge in [-0.05, 0) is 32.5 Å². The van der Waals surface area contributed by atoms with Crippen LogP contribution < -0.4 is 5.32 Å². The number of aryl methyl sites for hydroxylation is 1. The van der Waals surface area contributed by atoms with Crippen LogP contribution in [0.5, 0.6) is 0 Å². The van der Waals surface area contributed by atoms with Crippen molar-refractivity contribution in [3.63, 3.8) is 0 Å². The average Bonchev–Trinajstić information content (AvgIpc) is 2.40. The lowest BCUT2D eigenvalue weighted by Gasteiger charge is -2.14. The number of hydrogen-bond acceptors (Lipinski definition) is 4. The van der Waals surface area contributed by atoms with Crippen LogP contribution in [0.3, 0.4) is 0 Å². The van der Waals surface area contributed by atoms with E-state index in [0.29, 0.717) is 6.42 Å². The van der Waals surface area contributed by atoms with Crippen LogP contribution in [-0.4, -0.2) is 21.5 Å². The highest BCUT2D eigenvalue weighted by molar-refractivity contribution is 5.21. The lowest BCUT2D eigenvalue weighted by Crippen LogP contribution is -2.19. The molecule has 19 heavy (non-hydrogen) atoms. The third-order valence-corrected chi connectivity index (χ3v) is 3.11. The average molecular weight is 256 g/mol. The Balaban J connectivity index is 2.15. The molecule has 1 unspecified atom stereocenters. The van der Waals surface area contributed by atoms with Gasteiger partial charge in [-0.1, -0.05) is 13.0 Å². The predicted molar refractivity (Wildman–Crippen MR) is 75.9 cm³/mol. The van der Waals surface area contributed by atoms with Crippen molar-refractivity contribution >= 4 is 0 Å². The summed E-state index contributed by atoms with van der Waals surface area (Å²) in [5.41, 5.74) is 3.19. The molecule has 1 atom stereocenters. The van der Waals surface area contributed by atoms with E-state index >= 15 is 0 Å². The molecule has 0 aliphatic rings. The van der Waals surface area contributed by atoms with Crippen molar-refractivity contribution in [2.45, 2.75) is 33.2 Å². The first-order chi connectivity index (χ1) is 9.20. The normalized spacial score (nSPS) is 12.4. The summed E-state index contributed by atoms with van der Waals surface area (Å²) in [7, 11) is 0. The Morgan fingerprint density at radius 2 is 2.11 bits per heavy atom. The Kier molecular flexibility index (Phi) is 4.58. The molecular formula is C15H20N4. The van der Waals surface area contributed by atoms with Gasteiger partial charge in [-0.3, -0.25) is 4.98 Å². The van der Waals surface area contributed by atoms with Crippen molar-refractivity contribution in [1.82, 2.24) is 20.3 Å². The molecule has 2 aromatic rings. The van der Waals surface area contributed by atoms with Gasteiger partial charge in [0, 0.05) is 35.4 Å². The summed E-state index contributed by atoms with van der Waals surface area (Å²) in [6.07, 6.45) is 4.40. The second kappa shape index (κ2) is 6.38. The Labute approximate surface area is 114 Å². The molecule has 0 spiro atoms. The Bertz CT molecular complexity index is 525. The maximum absolute atomic E-state index is 4.58. The molecule has 2 rings (SSSR count). The molecule has 0 fully saturated rings. The van der Waals surface area contributed by atoms with E-state index in [1.807, 2.05) is 31.3 Å². The highest BCUT2D eigenvalue weighted by atomic mass is 14.9. The van der Waals surface area contributed by atoms with Crippen molar-refractivity contribution in [2.75, 3.05) is 6.54 Å². The van der Waals surface area contributed by atoms with E-state index in [9.17, 15) is 0 Å². The van der Waals surface area contributed by atoms with E-state index in [0.717, 1.165) is 29.3 Å². The molecule has 0 aliphatic carbocycles. The van der Waals surface area contributed by atoms with Gasteiger partial charge in [0.25, 0.3) is 0 Å². The van der Waals surface area contributed by atoms with E-state index in [1.165, 1.54) is 0 Å². The van der Waals surface area contributed by atoms with E-state index in [4.69, 9.17) is 0 Å². The van der Waals surface area contributed by atoms with Crippen LogP contribution in [0.1, 0.15) is 42.7 Å². The maximum atomic E-state index is 4.58. The number of rotatable bonds is 5. The van der Waals surface area contributed by atoms with Crippen LogP contribution in [0.4, 0.5) is 0 Å². The van der Waals surface area contributed by atoms with Crippen molar-refractivity contribution in [3.8, 4) is 0 Å². The largest absolute Gasteiger partial charge is 0.310 e. The molecule has 0 aliphatic heterocycles. The highest BCUT2D eigenvalue weighted by Gasteiger charge is 2.10. The minimum Gasteiger partial charge on any atom is -0.310 e. The SMILES string of the molecule is CCNC(C)c1cnc(Cc2ccccn2)nc1C. The van der Waals surface area contributed by atoms with Gasteiger partial charge in [0.1, 0.15) is 5.82 Å². The monoisotopic (exact) mass is 256 g/mol. The molecule has 0 bridgehead atoms. The van der Waals surface area contributed by atoms with Gasteiger partial charge in [0.05, 0.1) is 6.42 Å². The van der Waals surface area contributed by atoms with Crippen LogP contribution in [-0.2, 0) is 6.42 Å². The van der Waals surface area contributed by atoms with Gasteiger partial charge in [0.15, 0.2) is 0 Å². The Morgan fingerprint density at radius 1 is 1.26 bits per heavy atom. The summed E-state index contributed by atoms with van der Waals surface area (Å²) in [5, 5.41) is 3.38. The number of nitrogens with one attached hydrogen (secondary N) is 1. The molecule has 0 amide bonds. The third-order valence-electron chi connectivity index (χ3n) is 3.11. The van der Waals surface area contributed by atoms with E-state index in [2.05, 4.69) is 34.1 Å². The molecule has 1 N–H and O–H groups in total. The van der Waals surface area contributed by atoms with Gasteiger partial charge >= 0.3 is 0 Å². The second-order valence-corrected chi connectivity index (χ2v) is 4.60. The zero-order chi connectivity index (χ0) is 13.7. The fourth-order valence-electron chi connectivity index (χ4n) is 2.12. The van der Waals surface area contributed by atoms with Crippen LogP contribution in [0.2, 0.25) is 0 Å². The van der Waals surface area contributed by atoms with E-state index in [-0.39, 0.29) is 6.04 Å². The first-order valence-electron chi connectivity index (χ1n) is 6.66. The summed E-state index contributed by atoms with van der Waals surface area (Å²) in [4.78, 5) is 13.3. The van der Waals surface area contributed by atoms with Crippen LogP contribution in [0.15, 0.2) is 30.6 Å². The van der Waals surface area contributed by atoms with Crippen molar-refractivity contribution < 1.29 is 0 Å². The first-order valence-corrected chi connectivity index (χ1v) is 6.66. The standard InChI is InChI=1S/C15H20N4/c1-4-16-11(2)14-10-18-15(19-12(14)3)9-13-7-5-6-8-17-13/h5-8,10-11,16H,4,9H2,1-3H3. The number of pyridine rings is 1. The Morgan fingerprint density at radius 3 is 2.74 bits per heavy atom. The lowest BCUT2D eigenvalue weighted by atomic mass is 10.1. The summed E-state index contributed by atoms with van der Waals surface area (Å²) in [6.45, 7) is 7.21. The van der Waals surface area contributed by atoms with Crippen molar-refractivity contribution in [3.05, 3.63) is 53.4 Å². The van der Waals surface area contributed by atoms with Crippen molar-refractivity contribution in [1.29, 1.82) is 0 Å². The summed E-state index contributed by atoms with van der Waals surface area (Å²) >= 11 is 0. The van der Waals surface area contributed by atoms with Crippen LogP contribution in [0.25, 0.3) is 0 Å². The number of aromatic nitrogens is 3. The molecule has 4 nitrogen and oxygen atoms in total. The van der Waals surface area contributed by atoms with Gasteiger partial charge in [0.2, 0.25) is 0 Å². The molecule has 100 valence electrons. The third kappa shape index (κ3) is 3.58. The summed E-state index contributed by atoms with van der Waals surface area (Å²) in [6, 6.07) is 6.18. The minimum absolute atomic E-state index is 0.286.